The average molecular weight is 430 g/mol. The average Bonchev–Trinajstić information content (AvgIpc) is 3.34. The molecule has 7 nitrogen and oxygen atoms in total. The summed E-state index contributed by atoms with van der Waals surface area (Å²) in [6.45, 7) is 3.72. The molecular weight excluding hydrogens is 406 g/mol. The molecule has 3 aromatic rings. The minimum absolute atomic E-state index is 0.00502. The van der Waals surface area contributed by atoms with Gasteiger partial charge in [0.2, 0.25) is 11.8 Å². The van der Waals surface area contributed by atoms with Crippen LogP contribution < -0.4 is 15.5 Å². The Hall–Kier alpha value is -2.52. The third-order valence-corrected chi connectivity index (χ3v) is 6.96. The molecule has 2 amide bonds. The molecule has 1 saturated heterocycles. The van der Waals surface area contributed by atoms with Gasteiger partial charge in [0.05, 0.1) is 22.3 Å². The predicted octanol–water partition coefficient (Wildman–Crippen LogP) is 3.20. The fourth-order valence-electron chi connectivity index (χ4n) is 3.39. The van der Waals surface area contributed by atoms with Crippen LogP contribution in [0.5, 0.6) is 0 Å². The van der Waals surface area contributed by atoms with Crippen LogP contribution in [0.2, 0.25) is 0 Å². The smallest absolute Gasteiger partial charge is 0.229 e. The number of hydrogen-bond donors (Lipinski definition) is 2. The van der Waals surface area contributed by atoms with E-state index in [-0.39, 0.29) is 24.2 Å². The Morgan fingerprint density at radius 1 is 1.24 bits per heavy atom. The summed E-state index contributed by atoms with van der Waals surface area (Å²) in [6, 6.07) is 6.32. The van der Waals surface area contributed by atoms with Gasteiger partial charge in [0.15, 0.2) is 10.3 Å². The number of fused-ring (bicyclic) bond motifs is 1. The normalized spacial score (nSPS) is 14.9. The van der Waals surface area contributed by atoms with Gasteiger partial charge >= 0.3 is 0 Å². The number of benzene rings is 1. The summed E-state index contributed by atoms with van der Waals surface area (Å²) in [4.78, 5) is 35.4. The minimum atomic E-state index is -0.0921. The maximum Gasteiger partial charge on any atom is 0.229 e. The highest BCUT2D eigenvalue weighted by molar-refractivity contribution is 7.22. The molecule has 0 radical (unpaired) electrons. The molecular formula is C20H23N5O2S2. The van der Waals surface area contributed by atoms with Gasteiger partial charge in [-0.25, -0.2) is 9.97 Å². The maximum atomic E-state index is 12.6. The van der Waals surface area contributed by atoms with E-state index in [1.165, 1.54) is 21.6 Å². The second kappa shape index (κ2) is 8.46. The predicted molar refractivity (Wildman–Crippen MR) is 118 cm³/mol. The number of nitrogens with one attached hydrogen (secondary N) is 2. The van der Waals surface area contributed by atoms with Crippen LogP contribution in [-0.2, 0) is 16.0 Å². The van der Waals surface area contributed by atoms with Gasteiger partial charge in [-0.2, -0.15) is 0 Å². The van der Waals surface area contributed by atoms with Gasteiger partial charge in [0.25, 0.3) is 0 Å². The van der Waals surface area contributed by atoms with Crippen LogP contribution in [0.1, 0.15) is 24.1 Å². The molecule has 0 spiro atoms. The summed E-state index contributed by atoms with van der Waals surface area (Å²) in [6.07, 6.45) is 1.80. The van der Waals surface area contributed by atoms with Crippen molar-refractivity contribution in [1.29, 1.82) is 0 Å². The number of anilines is 2. The van der Waals surface area contributed by atoms with E-state index in [1.807, 2.05) is 5.38 Å². The van der Waals surface area contributed by atoms with Crippen molar-refractivity contribution in [3.8, 4) is 0 Å². The van der Waals surface area contributed by atoms with Gasteiger partial charge in [0, 0.05) is 31.4 Å². The summed E-state index contributed by atoms with van der Waals surface area (Å²) >= 11 is 3.07. The SMILES string of the molecule is CNC(=O)Cc1csc(NC(=O)C2CCN(c3nc4ccc(C)cc4s3)CC2)n1. The van der Waals surface area contributed by atoms with Gasteiger partial charge in [-0.15, -0.1) is 11.3 Å². The molecule has 0 atom stereocenters. The third-order valence-electron chi connectivity index (χ3n) is 5.07. The molecule has 4 rings (SSSR count). The molecule has 0 unspecified atom stereocenters. The second-order valence-electron chi connectivity index (χ2n) is 7.21. The van der Waals surface area contributed by atoms with Crippen molar-refractivity contribution >= 4 is 55.0 Å². The van der Waals surface area contributed by atoms with Crippen LogP contribution in [0.25, 0.3) is 10.2 Å². The monoisotopic (exact) mass is 429 g/mol. The number of likely N-dealkylation sites (N-methyl/N-ethyl adjacent to an activating group) is 1. The lowest BCUT2D eigenvalue weighted by atomic mass is 9.96. The van der Waals surface area contributed by atoms with Crippen LogP contribution in [0.15, 0.2) is 23.6 Å². The summed E-state index contributed by atoms with van der Waals surface area (Å²) in [5.41, 5.74) is 2.95. The van der Waals surface area contributed by atoms with Crippen molar-refractivity contribution in [3.63, 3.8) is 0 Å². The van der Waals surface area contributed by atoms with Crippen LogP contribution in [0, 0.1) is 12.8 Å². The molecule has 1 aliphatic rings. The zero-order chi connectivity index (χ0) is 20.4. The maximum absolute atomic E-state index is 12.6. The summed E-state index contributed by atoms with van der Waals surface area (Å²) in [5, 5.41) is 8.88. The number of aromatic nitrogens is 2. The molecule has 1 fully saturated rings. The third kappa shape index (κ3) is 4.56. The molecule has 0 saturated carbocycles. The van der Waals surface area contributed by atoms with Crippen molar-refractivity contribution in [1.82, 2.24) is 15.3 Å². The highest BCUT2D eigenvalue weighted by Gasteiger charge is 2.27. The quantitative estimate of drug-likeness (QED) is 0.650. The number of piperidine rings is 1. The number of amides is 2. The first-order valence-electron chi connectivity index (χ1n) is 9.60. The Morgan fingerprint density at radius 2 is 2.03 bits per heavy atom. The Balaban J connectivity index is 1.33. The molecule has 29 heavy (non-hydrogen) atoms. The molecule has 2 aromatic heterocycles. The fourth-order valence-corrected chi connectivity index (χ4v) is 5.22. The summed E-state index contributed by atoms with van der Waals surface area (Å²) < 4.78 is 1.20. The number of hydrogen-bond acceptors (Lipinski definition) is 7. The molecule has 2 N–H and O–H groups in total. The molecule has 1 aromatic carbocycles. The van der Waals surface area contributed by atoms with Gasteiger partial charge in [-0.1, -0.05) is 17.4 Å². The Kier molecular flexibility index (Phi) is 5.77. The number of thiazole rings is 2. The first-order valence-corrected chi connectivity index (χ1v) is 11.3. The van der Waals surface area contributed by atoms with Gasteiger partial charge in [-0.05, 0) is 37.5 Å². The number of carbonyl (C=O) groups is 2. The largest absolute Gasteiger partial charge is 0.359 e. The van der Waals surface area contributed by atoms with E-state index >= 15 is 0 Å². The van der Waals surface area contributed by atoms with Crippen molar-refractivity contribution in [2.75, 3.05) is 30.4 Å². The van der Waals surface area contributed by atoms with Gasteiger partial charge in [-0.3, -0.25) is 9.59 Å². The van der Waals surface area contributed by atoms with Crippen molar-refractivity contribution in [2.24, 2.45) is 5.92 Å². The summed E-state index contributed by atoms with van der Waals surface area (Å²) in [5.74, 6) is -0.120. The van der Waals surface area contributed by atoms with Crippen LogP contribution in [-0.4, -0.2) is 41.9 Å². The zero-order valence-corrected chi connectivity index (χ0v) is 18.0. The van der Waals surface area contributed by atoms with Crippen molar-refractivity contribution < 1.29 is 9.59 Å². The van der Waals surface area contributed by atoms with Gasteiger partial charge in [0.1, 0.15) is 0 Å². The number of nitrogens with zero attached hydrogens (tertiary/aromatic N) is 3. The lowest BCUT2D eigenvalue weighted by Crippen LogP contribution is -2.38. The molecule has 0 aliphatic carbocycles. The molecule has 1 aliphatic heterocycles. The number of carbonyl (C=O) groups excluding carboxylic acids is 2. The standard InChI is InChI=1S/C20H23N5O2S2/c1-12-3-4-15-16(9-12)29-20(23-15)25-7-5-13(6-8-25)18(27)24-19-22-14(11-28-19)10-17(26)21-2/h3-4,9,11,13H,5-8,10H2,1-2H3,(H,21,26)(H,22,24,27). The van der Waals surface area contributed by atoms with E-state index in [9.17, 15) is 9.59 Å². The topological polar surface area (TPSA) is 87.2 Å². The molecule has 9 heteroatoms. The fraction of sp³-hybridized carbons (Fsp3) is 0.400. The van der Waals surface area contributed by atoms with Gasteiger partial charge < -0.3 is 15.5 Å². The Bertz CT molecular complexity index is 1040. The first kappa shape index (κ1) is 19.8. The van der Waals surface area contributed by atoms with Crippen molar-refractivity contribution in [3.05, 3.63) is 34.8 Å². The van der Waals surface area contributed by atoms with E-state index in [2.05, 4.69) is 45.6 Å². The van der Waals surface area contributed by atoms with Crippen LogP contribution >= 0.6 is 22.7 Å². The molecule has 3 heterocycles. The lowest BCUT2D eigenvalue weighted by Gasteiger charge is -2.30. The summed E-state index contributed by atoms with van der Waals surface area (Å²) in [7, 11) is 1.60. The van der Waals surface area contributed by atoms with E-state index in [0.717, 1.165) is 36.6 Å². The first-order chi connectivity index (χ1) is 14.0. The Labute approximate surface area is 177 Å². The van der Waals surface area contributed by atoms with E-state index in [4.69, 9.17) is 4.98 Å². The zero-order valence-electron chi connectivity index (χ0n) is 16.4. The number of rotatable bonds is 5. The Morgan fingerprint density at radius 3 is 2.79 bits per heavy atom. The lowest BCUT2D eigenvalue weighted by molar-refractivity contribution is -0.120. The minimum Gasteiger partial charge on any atom is -0.359 e. The highest BCUT2D eigenvalue weighted by atomic mass is 32.1. The van der Waals surface area contributed by atoms with E-state index in [0.29, 0.717) is 10.8 Å². The van der Waals surface area contributed by atoms with E-state index < -0.39 is 0 Å². The van der Waals surface area contributed by atoms with Crippen molar-refractivity contribution in [2.45, 2.75) is 26.2 Å². The van der Waals surface area contributed by atoms with Crippen LogP contribution in [0.3, 0.4) is 0 Å². The molecule has 152 valence electrons. The van der Waals surface area contributed by atoms with E-state index in [1.54, 1.807) is 18.4 Å². The number of aryl methyl sites for hydroxylation is 1. The highest BCUT2D eigenvalue weighted by Crippen LogP contribution is 2.32. The molecule has 0 bridgehead atoms. The van der Waals surface area contributed by atoms with Crippen LogP contribution in [0.4, 0.5) is 10.3 Å². The second-order valence-corrected chi connectivity index (χ2v) is 9.08.